The summed E-state index contributed by atoms with van der Waals surface area (Å²) in [5.41, 5.74) is 1.47. The molecule has 2 aromatic carbocycles. The van der Waals surface area contributed by atoms with Gasteiger partial charge in [0.05, 0.1) is 5.52 Å². The summed E-state index contributed by atoms with van der Waals surface area (Å²) in [4.78, 5) is 4.27. The second kappa shape index (κ2) is 5.66. The molecule has 3 rings (SSSR count). The lowest BCUT2D eigenvalue weighted by Crippen LogP contribution is -1.99. The van der Waals surface area contributed by atoms with E-state index in [1.54, 1.807) is 0 Å². The summed E-state index contributed by atoms with van der Waals surface area (Å²) in [5.74, 6) is -1.62. The van der Waals surface area contributed by atoms with Crippen molar-refractivity contribution in [2.75, 3.05) is 0 Å². The van der Waals surface area contributed by atoms with Gasteiger partial charge in [-0.05, 0) is 24.3 Å². The smallest absolute Gasteiger partial charge is 0.162 e. The summed E-state index contributed by atoms with van der Waals surface area (Å²) >= 11 is 6.10. The van der Waals surface area contributed by atoms with Crippen LogP contribution >= 0.6 is 11.6 Å². The van der Waals surface area contributed by atoms with Gasteiger partial charge in [0.25, 0.3) is 0 Å². The Bertz CT molecular complexity index is 807. The molecular weight excluding hydrogens is 296 g/mol. The standard InChI is InChI=1S/C16H10ClF2NO/c17-16-11(7-10-3-1-2-4-15(10)20-16)9-21-12-5-6-13(18)14(19)8-12/h1-8H,9H2. The lowest BCUT2D eigenvalue weighted by Gasteiger charge is -2.09. The molecule has 0 spiro atoms. The van der Waals surface area contributed by atoms with Crippen molar-refractivity contribution in [3.05, 3.63) is 70.9 Å². The second-order valence-corrected chi connectivity index (χ2v) is 4.85. The third kappa shape index (κ3) is 2.95. The van der Waals surface area contributed by atoms with Gasteiger partial charge in [-0.2, -0.15) is 0 Å². The van der Waals surface area contributed by atoms with E-state index in [-0.39, 0.29) is 12.4 Å². The van der Waals surface area contributed by atoms with Crippen molar-refractivity contribution in [1.29, 1.82) is 0 Å². The van der Waals surface area contributed by atoms with Crippen molar-refractivity contribution in [3.63, 3.8) is 0 Å². The predicted molar refractivity (Wildman–Crippen MR) is 77.4 cm³/mol. The molecule has 21 heavy (non-hydrogen) atoms. The molecule has 3 aromatic rings. The Labute approximate surface area is 125 Å². The van der Waals surface area contributed by atoms with Crippen LogP contribution in [0.5, 0.6) is 5.75 Å². The van der Waals surface area contributed by atoms with E-state index in [0.717, 1.165) is 23.0 Å². The number of rotatable bonds is 3. The molecule has 0 radical (unpaired) electrons. The zero-order valence-corrected chi connectivity index (χ0v) is 11.6. The SMILES string of the molecule is Fc1ccc(OCc2cc3ccccc3nc2Cl)cc1F. The fourth-order valence-corrected chi connectivity index (χ4v) is 2.17. The van der Waals surface area contributed by atoms with Crippen LogP contribution in [0.25, 0.3) is 10.9 Å². The number of ether oxygens (including phenoxy) is 1. The summed E-state index contributed by atoms with van der Waals surface area (Å²) < 4.78 is 31.4. The van der Waals surface area contributed by atoms with Crippen LogP contribution in [0.1, 0.15) is 5.56 Å². The highest BCUT2D eigenvalue weighted by molar-refractivity contribution is 6.30. The zero-order valence-electron chi connectivity index (χ0n) is 10.8. The number of hydrogen-bond donors (Lipinski definition) is 0. The Hall–Kier alpha value is -2.20. The van der Waals surface area contributed by atoms with Gasteiger partial charge in [-0.15, -0.1) is 0 Å². The van der Waals surface area contributed by atoms with Crippen molar-refractivity contribution in [3.8, 4) is 5.75 Å². The molecule has 5 heteroatoms. The van der Waals surface area contributed by atoms with E-state index in [1.807, 2.05) is 30.3 Å². The van der Waals surface area contributed by atoms with Gasteiger partial charge >= 0.3 is 0 Å². The first-order valence-corrected chi connectivity index (χ1v) is 6.63. The molecule has 0 amide bonds. The van der Waals surface area contributed by atoms with Crippen molar-refractivity contribution in [2.45, 2.75) is 6.61 Å². The number of fused-ring (bicyclic) bond motifs is 1. The molecule has 0 unspecified atom stereocenters. The number of aromatic nitrogens is 1. The lowest BCUT2D eigenvalue weighted by molar-refractivity contribution is 0.303. The Morgan fingerprint density at radius 2 is 1.81 bits per heavy atom. The summed E-state index contributed by atoms with van der Waals surface area (Å²) in [6.07, 6.45) is 0. The highest BCUT2D eigenvalue weighted by atomic mass is 35.5. The van der Waals surface area contributed by atoms with Crippen molar-refractivity contribution in [1.82, 2.24) is 4.98 Å². The van der Waals surface area contributed by atoms with E-state index >= 15 is 0 Å². The van der Waals surface area contributed by atoms with Gasteiger partial charge in [0, 0.05) is 17.0 Å². The first kappa shape index (κ1) is 13.8. The summed E-state index contributed by atoms with van der Waals surface area (Å²) in [6, 6.07) is 12.8. The van der Waals surface area contributed by atoms with Crippen LogP contribution in [0, 0.1) is 11.6 Å². The maximum atomic E-state index is 13.1. The van der Waals surface area contributed by atoms with Gasteiger partial charge < -0.3 is 4.74 Å². The van der Waals surface area contributed by atoms with E-state index < -0.39 is 11.6 Å². The number of pyridine rings is 1. The number of hydrogen-bond acceptors (Lipinski definition) is 2. The normalized spacial score (nSPS) is 10.8. The summed E-state index contributed by atoms with van der Waals surface area (Å²) in [6.45, 7) is 0.127. The minimum atomic E-state index is -0.949. The molecule has 1 heterocycles. The maximum absolute atomic E-state index is 13.1. The molecule has 0 N–H and O–H groups in total. The van der Waals surface area contributed by atoms with Gasteiger partial charge in [0.15, 0.2) is 11.6 Å². The molecule has 0 fully saturated rings. The van der Waals surface area contributed by atoms with E-state index in [9.17, 15) is 8.78 Å². The maximum Gasteiger partial charge on any atom is 0.162 e. The number of halogens is 3. The van der Waals surface area contributed by atoms with E-state index in [1.165, 1.54) is 6.07 Å². The fraction of sp³-hybridized carbons (Fsp3) is 0.0625. The van der Waals surface area contributed by atoms with Gasteiger partial charge in [0.2, 0.25) is 0 Å². The number of para-hydroxylation sites is 1. The van der Waals surface area contributed by atoms with Crippen LogP contribution in [0.15, 0.2) is 48.5 Å². The van der Waals surface area contributed by atoms with E-state index in [4.69, 9.17) is 16.3 Å². The Balaban J connectivity index is 1.84. The molecule has 1 aromatic heterocycles. The van der Waals surface area contributed by atoms with Crippen molar-refractivity contribution >= 4 is 22.5 Å². The molecule has 0 aliphatic carbocycles. The minimum Gasteiger partial charge on any atom is -0.489 e. The highest BCUT2D eigenvalue weighted by Gasteiger charge is 2.07. The van der Waals surface area contributed by atoms with Gasteiger partial charge in [-0.1, -0.05) is 29.8 Å². The molecule has 0 atom stereocenters. The first-order valence-electron chi connectivity index (χ1n) is 6.25. The summed E-state index contributed by atoms with van der Waals surface area (Å²) in [5, 5.41) is 1.27. The van der Waals surface area contributed by atoms with Crippen LogP contribution in [0.4, 0.5) is 8.78 Å². The first-order chi connectivity index (χ1) is 10.1. The largest absolute Gasteiger partial charge is 0.489 e. The molecule has 0 aliphatic heterocycles. The Morgan fingerprint density at radius 3 is 2.62 bits per heavy atom. The fourth-order valence-electron chi connectivity index (χ4n) is 1.97. The predicted octanol–water partition coefficient (Wildman–Crippen LogP) is 4.75. The van der Waals surface area contributed by atoms with Gasteiger partial charge in [-0.3, -0.25) is 0 Å². The molecular formula is C16H10ClF2NO. The van der Waals surface area contributed by atoms with Crippen LogP contribution in [0.2, 0.25) is 5.15 Å². The van der Waals surface area contributed by atoms with Crippen LogP contribution in [-0.2, 0) is 6.61 Å². The third-order valence-electron chi connectivity index (χ3n) is 3.04. The molecule has 2 nitrogen and oxygen atoms in total. The van der Waals surface area contributed by atoms with E-state index in [0.29, 0.717) is 10.7 Å². The minimum absolute atomic E-state index is 0.127. The molecule has 0 bridgehead atoms. The van der Waals surface area contributed by atoms with Crippen molar-refractivity contribution < 1.29 is 13.5 Å². The summed E-state index contributed by atoms with van der Waals surface area (Å²) in [7, 11) is 0. The third-order valence-corrected chi connectivity index (χ3v) is 3.36. The Kier molecular flexibility index (Phi) is 3.71. The van der Waals surface area contributed by atoms with E-state index in [2.05, 4.69) is 4.98 Å². The average Bonchev–Trinajstić information content (AvgIpc) is 2.48. The topological polar surface area (TPSA) is 22.1 Å². The van der Waals surface area contributed by atoms with Crippen molar-refractivity contribution in [2.24, 2.45) is 0 Å². The Morgan fingerprint density at radius 1 is 1.00 bits per heavy atom. The van der Waals surface area contributed by atoms with Crippen LogP contribution < -0.4 is 4.74 Å². The number of benzene rings is 2. The second-order valence-electron chi connectivity index (χ2n) is 4.50. The number of nitrogens with zero attached hydrogens (tertiary/aromatic N) is 1. The van der Waals surface area contributed by atoms with Gasteiger partial charge in [0.1, 0.15) is 17.5 Å². The average molecular weight is 306 g/mol. The quantitative estimate of drug-likeness (QED) is 0.652. The molecule has 0 saturated carbocycles. The monoisotopic (exact) mass is 305 g/mol. The molecule has 0 saturated heterocycles. The highest BCUT2D eigenvalue weighted by Crippen LogP contribution is 2.23. The van der Waals surface area contributed by atoms with Crippen LogP contribution in [0.3, 0.4) is 0 Å². The molecule has 106 valence electrons. The molecule has 0 aliphatic rings. The lowest BCUT2D eigenvalue weighted by atomic mass is 10.2. The zero-order chi connectivity index (χ0) is 14.8. The van der Waals surface area contributed by atoms with Gasteiger partial charge in [-0.25, -0.2) is 13.8 Å². The van der Waals surface area contributed by atoms with Crippen LogP contribution in [-0.4, -0.2) is 4.98 Å².